The highest BCUT2D eigenvalue weighted by molar-refractivity contribution is 8.00. The van der Waals surface area contributed by atoms with Gasteiger partial charge in [0, 0.05) is 17.0 Å². The lowest BCUT2D eigenvalue weighted by molar-refractivity contribution is -0.384. The molecule has 0 aliphatic rings. The van der Waals surface area contributed by atoms with Gasteiger partial charge in [0.15, 0.2) is 11.5 Å². The second-order valence-corrected chi connectivity index (χ2v) is 7.71. The Morgan fingerprint density at radius 2 is 1.85 bits per heavy atom. The highest BCUT2D eigenvalue weighted by Crippen LogP contribution is 2.28. The summed E-state index contributed by atoms with van der Waals surface area (Å²) in [5.41, 5.74) is 3.93. The average Bonchev–Trinajstić information content (AvgIpc) is 2.83. The first-order valence-corrected chi connectivity index (χ1v) is 10.7. The van der Waals surface area contributed by atoms with Crippen molar-refractivity contribution in [1.29, 1.82) is 0 Å². The Kier molecular flexibility index (Phi) is 8.36. The number of carbonyl (C=O) groups is 1. The van der Waals surface area contributed by atoms with Crippen molar-refractivity contribution >= 4 is 29.6 Å². The summed E-state index contributed by atoms with van der Waals surface area (Å²) in [6.07, 6.45) is 1.47. The van der Waals surface area contributed by atoms with Crippen LogP contribution in [0.15, 0.2) is 76.7 Å². The zero-order valence-corrected chi connectivity index (χ0v) is 18.4. The maximum atomic E-state index is 13.0. The Balaban J connectivity index is 1.50. The molecular weight excluding hydrogens is 449 g/mol. The summed E-state index contributed by atoms with van der Waals surface area (Å²) in [6, 6.07) is 17.2. The lowest BCUT2D eigenvalue weighted by atomic mass is 10.2. The molecule has 33 heavy (non-hydrogen) atoms. The Labute approximate surface area is 193 Å². The first kappa shape index (κ1) is 23.7. The number of carbonyl (C=O) groups excluding carboxylic acids is 1. The molecule has 0 aromatic heterocycles. The molecule has 1 amide bonds. The maximum Gasteiger partial charge on any atom is 0.269 e. The fourth-order valence-corrected chi connectivity index (χ4v) is 3.34. The lowest BCUT2D eigenvalue weighted by Gasteiger charge is -2.11. The van der Waals surface area contributed by atoms with Gasteiger partial charge in [0.25, 0.3) is 5.69 Å². The van der Waals surface area contributed by atoms with Gasteiger partial charge in [-0.25, -0.2) is 9.82 Å². The summed E-state index contributed by atoms with van der Waals surface area (Å²) in [5.74, 6) is 0.482. The van der Waals surface area contributed by atoms with E-state index >= 15 is 0 Å². The van der Waals surface area contributed by atoms with Crippen molar-refractivity contribution < 1.29 is 23.6 Å². The van der Waals surface area contributed by atoms with Crippen molar-refractivity contribution in [2.45, 2.75) is 11.5 Å². The number of methoxy groups -OCH3 is 1. The summed E-state index contributed by atoms with van der Waals surface area (Å²) >= 11 is 1.24. The van der Waals surface area contributed by atoms with Crippen LogP contribution < -0.4 is 14.9 Å². The van der Waals surface area contributed by atoms with E-state index in [0.29, 0.717) is 17.1 Å². The predicted octanol–water partition coefficient (Wildman–Crippen LogP) is 4.56. The highest BCUT2D eigenvalue weighted by Gasteiger charge is 2.08. The zero-order valence-electron chi connectivity index (χ0n) is 17.6. The van der Waals surface area contributed by atoms with Crippen LogP contribution in [0.5, 0.6) is 11.5 Å². The number of hydrogen-bond acceptors (Lipinski definition) is 7. The van der Waals surface area contributed by atoms with Crippen LogP contribution in [0.25, 0.3) is 0 Å². The van der Waals surface area contributed by atoms with Crippen LogP contribution in [0.2, 0.25) is 0 Å². The largest absolute Gasteiger partial charge is 0.493 e. The summed E-state index contributed by atoms with van der Waals surface area (Å²) in [7, 11) is 1.51. The number of benzene rings is 3. The first-order valence-electron chi connectivity index (χ1n) is 9.69. The van der Waals surface area contributed by atoms with Crippen molar-refractivity contribution in [2.75, 3.05) is 12.9 Å². The second kappa shape index (κ2) is 11.6. The summed E-state index contributed by atoms with van der Waals surface area (Å²) in [4.78, 5) is 22.9. The van der Waals surface area contributed by atoms with Crippen LogP contribution in [0.4, 0.5) is 10.1 Å². The summed E-state index contributed by atoms with van der Waals surface area (Å²) in [6.45, 7) is 0.257. The molecular formula is C23H20FN3O5S. The molecule has 0 aliphatic heterocycles. The number of nitrogens with zero attached hydrogens (tertiary/aromatic N) is 2. The molecule has 0 unspecified atom stereocenters. The Bertz CT molecular complexity index is 1140. The number of hydrazone groups is 1. The number of thioether (sulfide) groups is 1. The number of amides is 1. The second-order valence-electron chi connectivity index (χ2n) is 6.66. The number of nitro benzene ring substituents is 1. The van der Waals surface area contributed by atoms with E-state index in [-0.39, 0.29) is 29.8 Å². The minimum atomic E-state index is -0.477. The lowest BCUT2D eigenvalue weighted by Crippen LogP contribution is -2.19. The number of rotatable bonds is 10. The standard InChI is InChI=1S/C23H20FN3O5S/c1-31-22-12-17(4-11-21(22)32-14-16-2-5-18(24)6-3-16)13-25-26-23(28)15-33-20-9-7-19(8-10-20)27(29)30/h2-13H,14-15H2,1H3,(H,26,28)/b25-13-. The molecule has 0 spiro atoms. The van der Waals surface area contributed by atoms with E-state index in [4.69, 9.17) is 9.47 Å². The summed E-state index contributed by atoms with van der Waals surface area (Å²) in [5, 5.41) is 14.6. The van der Waals surface area contributed by atoms with Gasteiger partial charge in [0.1, 0.15) is 12.4 Å². The molecule has 0 radical (unpaired) electrons. The molecule has 0 bridgehead atoms. The number of nitro groups is 1. The minimum Gasteiger partial charge on any atom is -0.493 e. The molecule has 3 aromatic rings. The highest BCUT2D eigenvalue weighted by atomic mass is 32.2. The topological polar surface area (TPSA) is 103 Å². The van der Waals surface area contributed by atoms with Gasteiger partial charge in [0.2, 0.25) is 5.91 Å². The average molecular weight is 469 g/mol. The van der Waals surface area contributed by atoms with Crippen LogP contribution in [0.3, 0.4) is 0 Å². The first-order chi connectivity index (χ1) is 15.9. The number of ether oxygens (including phenoxy) is 2. The number of halogens is 1. The number of hydrogen-bond donors (Lipinski definition) is 1. The van der Waals surface area contributed by atoms with Gasteiger partial charge in [-0.15, -0.1) is 11.8 Å². The fraction of sp³-hybridized carbons (Fsp3) is 0.130. The smallest absolute Gasteiger partial charge is 0.269 e. The quantitative estimate of drug-likeness (QED) is 0.202. The molecule has 0 aliphatic carbocycles. The minimum absolute atomic E-state index is 0.00398. The van der Waals surface area contributed by atoms with Gasteiger partial charge in [-0.2, -0.15) is 5.10 Å². The van der Waals surface area contributed by atoms with Crippen molar-refractivity contribution in [2.24, 2.45) is 5.10 Å². The predicted molar refractivity (Wildman–Crippen MR) is 123 cm³/mol. The van der Waals surface area contributed by atoms with Crippen molar-refractivity contribution in [1.82, 2.24) is 5.43 Å². The molecule has 3 rings (SSSR count). The molecule has 0 fully saturated rings. The van der Waals surface area contributed by atoms with Gasteiger partial charge in [-0.1, -0.05) is 12.1 Å². The molecule has 0 saturated carbocycles. The molecule has 10 heteroatoms. The third kappa shape index (κ3) is 7.32. The zero-order chi connectivity index (χ0) is 23.6. The SMILES string of the molecule is COc1cc(/C=N\NC(=O)CSc2ccc([N+](=O)[O-])cc2)ccc1OCc1ccc(F)cc1. The van der Waals surface area contributed by atoms with E-state index < -0.39 is 4.92 Å². The molecule has 0 atom stereocenters. The van der Waals surface area contributed by atoms with E-state index in [1.165, 1.54) is 49.4 Å². The van der Waals surface area contributed by atoms with E-state index in [1.807, 2.05) is 0 Å². The molecule has 3 aromatic carbocycles. The van der Waals surface area contributed by atoms with Crippen LogP contribution >= 0.6 is 11.8 Å². The summed E-state index contributed by atoms with van der Waals surface area (Å²) < 4.78 is 24.1. The van der Waals surface area contributed by atoms with E-state index in [2.05, 4.69) is 10.5 Å². The van der Waals surface area contributed by atoms with Crippen LogP contribution in [-0.4, -0.2) is 29.9 Å². The molecule has 8 nitrogen and oxygen atoms in total. The van der Waals surface area contributed by atoms with Crippen molar-refractivity contribution in [3.8, 4) is 11.5 Å². The maximum absolute atomic E-state index is 13.0. The third-order valence-electron chi connectivity index (χ3n) is 4.32. The molecule has 0 heterocycles. The Hall–Kier alpha value is -3.92. The fourth-order valence-electron chi connectivity index (χ4n) is 2.65. The van der Waals surface area contributed by atoms with Gasteiger partial charge >= 0.3 is 0 Å². The number of nitrogens with one attached hydrogen (secondary N) is 1. The van der Waals surface area contributed by atoms with Crippen molar-refractivity contribution in [3.63, 3.8) is 0 Å². The Morgan fingerprint density at radius 3 is 2.52 bits per heavy atom. The van der Waals surface area contributed by atoms with Crippen LogP contribution in [0.1, 0.15) is 11.1 Å². The van der Waals surface area contributed by atoms with Gasteiger partial charge in [-0.3, -0.25) is 14.9 Å². The van der Waals surface area contributed by atoms with Crippen LogP contribution in [0, 0.1) is 15.9 Å². The Morgan fingerprint density at radius 1 is 1.12 bits per heavy atom. The van der Waals surface area contributed by atoms with E-state index in [1.54, 1.807) is 42.5 Å². The van der Waals surface area contributed by atoms with Gasteiger partial charge in [0.05, 0.1) is 24.0 Å². The van der Waals surface area contributed by atoms with Gasteiger partial charge < -0.3 is 9.47 Å². The van der Waals surface area contributed by atoms with Crippen molar-refractivity contribution in [3.05, 3.63) is 93.8 Å². The number of non-ortho nitro benzene ring substituents is 1. The van der Waals surface area contributed by atoms with E-state index in [9.17, 15) is 19.3 Å². The monoisotopic (exact) mass is 469 g/mol. The molecule has 170 valence electrons. The van der Waals surface area contributed by atoms with Crippen LogP contribution in [-0.2, 0) is 11.4 Å². The normalized spacial score (nSPS) is 10.7. The van der Waals surface area contributed by atoms with E-state index in [0.717, 1.165) is 10.5 Å². The molecule has 0 saturated heterocycles. The molecule has 1 N–H and O–H groups in total. The third-order valence-corrected chi connectivity index (χ3v) is 5.33. The van der Waals surface area contributed by atoms with Gasteiger partial charge in [-0.05, 0) is 53.6 Å².